The summed E-state index contributed by atoms with van der Waals surface area (Å²) in [5, 5.41) is 0. The van der Waals surface area contributed by atoms with Crippen LogP contribution < -0.4 is 4.80 Å². The van der Waals surface area contributed by atoms with Crippen LogP contribution >= 0.6 is 23.1 Å². The van der Waals surface area contributed by atoms with E-state index in [0.29, 0.717) is 22.5 Å². The summed E-state index contributed by atoms with van der Waals surface area (Å²) in [5.74, 6) is 0.319. The molecule has 0 aliphatic heterocycles. The standard InChI is InChI=1S/C20H20N2O3S2/c1-4-25-19(24)14-9-10-16-17(12-14)27-20(22(16)3)21-18(23)13-7-6-8-15(11-13)26-5-2/h6-12H,4-5H2,1-3H3. The lowest BCUT2D eigenvalue weighted by Crippen LogP contribution is -2.13. The van der Waals surface area contributed by atoms with Gasteiger partial charge in [0.2, 0.25) is 0 Å². The molecule has 1 amide bonds. The Morgan fingerprint density at radius 1 is 1.15 bits per heavy atom. The van der Waals surface area contributed by atoms with E-state index in [4.69, 9.17) is 4.74 Å². The lowest BCUT2D eigenvalue weighted by Gasteiger charge is -2.02. The predicted molar refractivity (Wildman–Crippen MR) is 109 cm³/mol. The highest BCUT2D eigenvalue weighted by molar-refractivity contribution is 7.99. The Hall–Kier alpha value is -2.38. The van der Waals surface area contributed by atoms with Crippen LogP contribution in [0.1, 0.15) is 34.6 Å². The molecule has 0 radical (unpaired) electrons. The summed E-state index contributed by atoms with van der Waals surface area (Å²) in [7, 11) is 1.86. The van der Waals surface area contributed by atoms with Gasteiger partial charge >= 0.3 is 5.97 Å². The van der Waals surface area contributed by atoms with E-state index in [1.807, 2.05) is 35.9 Å². The molecule has 0 aliphatic rings. The Morgan fingerprint density at radius 3 is 2.70 bits per heavy atom. The molecule has 0 spiro atoms. The van der Waals surface area contributed by atoms with Gasteiger partial charge in [0.15, 0.2) is 4.80 Å². The van der Waals surface area contributed by atoms with Gasteiger partial charge < -0.3 is 9.30 Å². The van der Waals surface area contributed by atoms with Crippen LogP contribution in [-0.4, -0.2) is 28.8 Å². The maximum atomic E-state index is 12.6. The third-order valence-corrected chi connectivity index (χ3v) is 5.88. The molecule has 0 bridgehead atoms. The van der Waals surface area contributed by atoms with Gasteiger partial charge in [0.25, 0.3) is 5.91 Å². The number of fused-ring (bicyclic) bond motifs is 1. The largest absolute Gasteiger partial charge is 0.462 e. The molecule has 0 N–H and O–H groups in total. The minimum atomic E-state index is -0.352. The molecule has 3 aromatic rings. The molecule has 7 heteroatoms. The zero-order valence-electron chi connectivity index (χ0n) is 15.4. The number of amides is 1. The zero-order valence-corrected chi connectivity index (χ0v) is 17.0. The first-order valence-electron chi connectivity index (χ1n) is 8.62. The maximum absolute atomic E-state index is 12.6. The van der Waals surface area contributed by atoms with Gasteiger partial charge in [-0.2, -0.15) is 4.99 Å². The van der Waals surface area contributed by atoms with Gasteiger partial charge in [-0.3, -0.25) is 4.79 Å². The minimum Gasteiger partial charge on any atom is -0.462 e. The Bertz CT molecular complexity index is 1070. The third kappa shape index (κ3) is 4.31. The summed E-state index contributed by atoms with van der Waals surface area (Å²) in [4.78, 5) is 30.5. The van der Waals surface area contributed by atoms with Crippen molar-refractivity contribution < 1.29 is 14.3 Å². The highest BCUT2D eigenvalue weighted by atomic mass is 32.2. The molecule has 0 aliphatic carbocycles. The van der Waals surface area contributed by atoms with Crippen LogP contribution in [0.2, 0.25) is 0 Å². The van der Waals surface area contributed by atoms with Crippen molar-refractivity contribution in [1.29, 1.82) is 0 Å². The molecule has 0 unspecified atom stereocenters. The quantitative estimate of drug-likeness (QED) is 0.474. The van der Waals surface area contributed by atoms with Crippen LogP contribution in [0.5, 0.6) is 0 Å². The summed E-state index contributed by atoms with van der Waals surface area (Å²) in [6.07, 6.45) is 0. The van der Waals surface area contributed by atoms with E-state index in [1.165, 1.54) is 11.3 Å². The average molecular weight is 401 g/mol. The molecule has 1 aromatic heterocycles. The fraction of sp³-hybridized carbons (Fsp3) is 0.250. The van der Waals surface area contributed by atoms with E-state index in [0.717, 1.165) is 20.9 Å². The van der Waals surface area contributed by atoms with Gasteiger partial charge in [0.1, 0.15) is 0 Å². The Morgan fingerprint density at radius 2 is 1.96 bits per heavy atom. The van der Waals surface area contributed by atoms with E-state index in [-0.39, 0.29) is 11.9 Å². The van der Waals surface area contributed by atoms with Gasteiger partial charge in [-0.05, 0) is 49.1 Å². The molecular weight excluding hydrogens is 380 g/mol. The van der Waals surface area contributed by atoms with E-state index < -0.39 is 0 Å². The van der Waals surface area contributed by atoms with Crippen LogP contribution in [0, 0.1) is 0 Å². The van der Waals surface area contributed by atoms with Crippen molar-refractivity contribution in [3.63, 3.8) is 0 Å². The van der Waals surface area contributed by atoms with Crippen molar-refractivity contribution >= 4 is 45.2 Å². The number of thioether (sulfide) groups is 1. The first kappa shape index (κ1) is 19.4. The first-order valence-corrected chi connectivity index (χ1v) is 10.4. The number of aryl methyl sites for hydroxylation is 1. The van der Waals surface area contributed by atoms with E-state index in [9.17, 15) is 9.59 Å². The fourth-order valence-electron chi connectivity index (χ4n) is 2.62. The molecule has 0 saturated heterocycles. The van der Waals surface area contributed by atoms with Gasteiger partial charge in [-0.15, -0.1) is 11.8 Å². The second kappa shape index (κ2) is 8.54. The van der Waals surface area contributed by atoms with Crippen molar-refractivity contribution in [2.45, 2.75) is 18.7 Å². The lowest BCUT2D eigenvalue weighted by atomic mass is 10.2. The van der Waals surface area contributed by atoms with Crippen LogP contribution in [0.15, 0.2) is 52.4 Å². The smallest absolute Gasteiger partial charge is 0.338 e. The van der Waals surface area contributed by atoms with E-state index in [2.05, 4.69) is 11.9 Å². The lowest BCUT2D eigenvalue weighted by molar-refractivity contribution is 0.0526. The summed E-state index contributed by atoms with van der Waals surface area (Å²) in [6.45, 7) is 4.18. The average Bonchev–Trinajstić information content (AvgIpc) is 2.97. The summed E-state index contributed by atoms with van der Waals surface area (Å²) in [5.41, 5.74) is 1.97. The molecule has 0 fully saturated rings. The fourth-order valence-corrected chi connectivity index (χ4v) is 4.39. The molecule has 140 valence electrons. The zero-order chi connectivity index (χ0) is 19.4. The van der Waals surface area contributed by atoms with Gasteiger partial charge in [0.05, 0.1) is 22.4 Å². The number of esters is 1. The summed E-state index contributed by atoms with van der Waals surface area (Å²) in [6, 6.07) is 12.9. The highest BCUT2D eigenvalue weighted by Crippen LogP contribution is 2.21. The maximum Gasteiger partial charge on any atom is 0.338 e. The van der Waals surface area contributed by atoms with E-state index in [1.54, 1.807) is 36.9 Å². The number of aromatic nitrogens is 1. The Labute approximate surface area is 165 Å². The molecule has 5 nitrogen and oxygen atoms in total. The third-order valence-electron chi connectivity index (χ3n) is 3.91. The molecule has 27 heavy (non-hydrogen) atoms. The summed E-state index contributed by atoms with van der Waals surface area (Å²) < 4.78 is 7.78. The predicted octanol–water partition coefficient (Wildman–Crippen LogP) is 4.27. The number of hydrogen-bond acceptors (Lipinski definition) is 5. The summed E-state index contributed by atoms with van der Waals surface area (Å²) >= 11 is 3.06. The highest BCUT2D eigenvalue weighted by Gasteiger charge is 2.11. The monoisotopic (exact) mass is 400 g/mol. The van der Waals surface area contributed by atoms with Crippen molar-refractivity contribution in [3.8, 4) is 0 Å². The molecule has 3 rings (SSSR count). The first-order chi connectivity index (χ1) is 13.0. The van der Waals surface area contributed by atoms with Crippen molar-refractivity contribution in [1.82, 2.24) is 4.57 Å². The van der Waals surface area contributed by atoms with Crippen molar-refractivity contribution in [2.75, 3.05) is 12.4 Å². The van der Waals surface area contributed by atoms with Gasteiger partial charge in [-0.1, -0.05) is 24.3 Å². The Kier molecular flexibility index (Phi) is 6.13. The number of thiazole rings is 1. The van der Waals surface area contributed by atoms with Crippen LogP contribution in [-0.2, 0) is 11.8 Å². The number of hydrogen-bond donors (Lipinski definition) is 0. The molecule has 2 aromatic carbocycles. The molecular formula is C20H20N2O3S2. The number of ether oxygens (including phenoxy) is 1. The number of carbonyl (C=O) groups is 2. The van der Waals surface area contributed by atoms with E-state index >= 15 is 0 Å². The second-order valence-corrected chi connectivity index (χ2v) is 8.07. The second-order valence-electron chi connectivity index (χ2n) is 5.72. The number of nitrogens with zero attached hydrogens (tertiary/aromatic N) is 2. The van der Waals surface area contributed by atoms with Crippen LogP contribution in [0.3, 0.4) is 0 Å². The number of carbonyl (C=O) groups excluding carboxylic acids is 2. The number of benzene rings is 2. The van der Waals surface area contributed by atoms with Crippen molar-refractivity contribution in [2.24, 2.45) is 12.0 Å². The topological polar surface area (TPSA) is 60.7 Å². The van der Waals surface area contributed by atoms with Gasteiger partial charge in [-0.25, -0.2) is 4.79 Å². The molecule has 0 saturated carbocycles. The Balaban J connectivity index is 1.98. The van der Waals surface area contributed by atoms with Crippen LogP contribution in [0.25, 0.3) is 10.2 Å². The van der Waals surface area contributed by atoms with Gasteiger partial charge in [0, 0.05) is 17.5 Å². The van der Waals surface area contributed by atoms with Crippen LogP contribution in [0.4, 0.5) is 0 Å². The molecule has 1 heterocycles. The minimum absolute atomic E-state index is 0.277. The normalized spacial score (nSPS) is 11.7. The molecule has 0 atom stereocenters. The van der Waals surface area contributed by atoms with Crippen molar-refractivity contribution in [3.05, 3.63) is 58.4 Å². The number of rotatable bonds is 5. The SMILES string of the molecule is CCOC(=O)c1ccc2c(c1)sc(=NC(=O)c1cccc(SCC)c1)n2C.